The van der Waals surface area contributed by atoms with E-state index in [0.29, 0.717) is 50.1 Å². The molecule has 2 aromatic rings. The van der Waals surface area contributed by atoms with Crippen LogP contribution in [-0.2, 0) is 6.54 Å². The van der Waals surface area contributed by atoms with Crippen LogP contribution < -0.4 is 10.6 Å². The number of hydrogen-bond donors (Lipinski definition) is 3. The molecule has 27 heavy (non-hydrogen) atoms. The predicted octanol–water partition coefficient (Wildman–Crippen LogP) is 2.60. The van der Waals surface area contributed by atoms with Crippen LogP contribution in [0.1, 0.15) is 41.0 Å². The second kappa shape index (κ2) is 6.68. The minimum absolute atomic E-state index is 0.0462. The molecule has 3 heterocycles. The fourth-order valence-corrected chi connectivity index (χ4v) is 3.87. The van der Waals surface area contributed by atoms with E-state index in [1.165, 1.54) is 12.1 Å². The number of piperidine rings is 1. The van der Waals surface area contributed by atoms with Crippen molar-refractivity contribution in [3.05, 3.63) is 47.0 Å². The maximum atomic E-state index is 13.4. The zero-order chi connectivity index (χ0) is 19.0. The van der Waals surface area contributed by atoms with Crippen LogP contribution in [-0.4, -0.2) is 45.5 Å². The number of carbonyl (C=O) groups excluding carboxylic acids is 2. The number of anilines is 1. The van der Waals surface area contributed by atoms with Crippen LogP contribution in [0.15, 0.2) is 24.3 Å². The van der Waals surface area contributed by atoms with Crippen molar-refractivity contribution in [2.24, 2.45) is 0 Å². The first-order chi connectivity index (χ1) is 12.9. The Balaban J connectivity index is 1.36. The van der Waals surface area contributed by atoms with Crippen molar-refractivity contribution in [1.29, 1.82) is 0 Å². The number of amides is 2. The van der Waals surface area contributed by atoms with Gasteiger partial charge in [0.25, 0.3) is 0 Å². The van der Waals surface area contributed by atoms with Crippen molar-refractivity contribution < 1.29 is 14.0 Å². The number of urea groups is 1. The van der Waals surface area contributed by atoms with Gasteiger partial charge in [-0.15, -0.1) is 0 Å². The molecule has 4 rings (SSSR count). The summed E-state index contributed by atoms with van der Waals surface area (Å²) >= 11 is 0. The number of aromatic nitrogens is 2. The Morgan fingerprint density at radius 1 is 1.33 bits per heavy atom. The van der Waals surface area contributed by atoms with Gasteiger partial charge in [-0.3, -0.25) is 9.89 Å². The molecule has 0 atom stereocenters. The molecule has 7 nitrogen and oxygen atoms in total. The number of likely N-dealkylation sites (tertiary alicyclic amines) is 1. The number of carbonyl (C=O) groups is 2. The maximum absolute atomic E-state index is 13.4. The predicted molar refractivity (Wildman–Crippen MR) is 98.1 cm³/mol. The van der Waals surface area contributed by atoms with Gasteiger partial charge in [-0.1, -0.05) is 0 Å². The van der Waals surface area contributed by atoms with Crippen molar-refractivity contribution in [3.8, 4) is 0 Å². The van der Waals surface area contributed by atoms with Gasteiger partial charge in [0, 0.05) is 42.0 Å². The number of nitrogens with zero attached hydrogens (tertiary/aromatic N) is 2. The molecule has 8 heteroatoms. The first-order valence-electron chi connectivity index (χ1n) is 9.09. The lowest BCUT2D eigenvalue weighted by atomic mass is 9.78. The van der Waals surface area contributed by atoms with Crippen molar-refractivity contribution in [2.45, 2.75) is 38.3 Å². The van der Waals surface area contributed by atoms with E-state index in [4.69, 9.17) is 0 Å². The normalized spacial score (nSPS) is 18.1. The minimum Gasteiger partial charge on any atom is -0.378 e. The van der Waals surface area contributed by atoms with E-state index >= 15 is 0 Å². The molecule has 0 saturated carbocycles. The average molecular weight is 371 g/mol. The van der Waals surface area contributed by atoms with Gasteiger partial charge in [0.05, 0.1) is 12.2 Å². The Kier molecular flexibility index (Phi) is 4.33. The summed E-state index contributed by atoms with van der Waals surface area (Å²) in [7, 11) is 0. The Hall–Kier alpha value is -2.90. The molecule has 0 aliphatic carbocycles. The van der Waals surface area contributed by atoms with Crippen molar-refractivity contribution >= 4 is 17.5 Å². The molecule has 142 valence electrons. The molecule has 1 spiro atoms. The SMILES string of the molecule is Cc1cc(CNC(=O)N2CCC3(CC2)CC(=O)c2cc(F)ccc2N3)n[nH]1. The summed E-state index contributed by atoms with van der Waals surface area (Å²) in [6, 6.07) is 6.03. The van der Waals surface area contributed by atoms with E-state index in [9.17, 15) is 14.0 Å². The first-order valence-corrected chi connectivity index (χ1v) is 9.09. The molecule has 2 aliphatic heterocycles. The van der Waals surface area contributed by atoms with Crippen LogP contribution in [0.3, 0.4) is 0 Å². The van der Waals surface area contributed by atoms with E-state index in [1.807, 2.05) is 13.0 Å². The number of aryl methyl sites for hydroxylation is 1. The second-order valence-electron chi connectivity index (χ2n) is 7.38. The molecule has 3 N–H and O–H groups in total. The number of Topliss-reactive ketones (excluding diaryl/α,β-unsaturated/α-hetero) is 1. The molecular weight excluding hydrogens is 349 g/mol. The van der Waals surface area contributed by atoms with Crippen LogP contribution in [0, 0.1) is 12.7 Å². The molecular formula is C19H22FN5O2. The van der Waals surface area contributed by atoms with Crippen LogP contribution in [0.25, 0.3) is 0 Å². The summed E-state index contributed by atoms with van der Waals surface area (Å²) in [5.41, 5.74) is 2.47. The van der Waals surface area contributed by atoms with Crippen molar-refractivity contribution in [1.82, 2.24) is 20.4 Å². The zero-order valence-electron chi connectivity index (χ0n) is 15.1. The molecule has 1 aromatic heterocycles. The molecule has 0 bridgehead atoms. The third-order valence-electron chi connectivity index (χ3n) is 5.37. The fourth-order valence-electron chi connectivity index (χ4n) is 3.87. The lowest BCUT2D eigenvalue weighted by molar-refractivity contribution is 0.0915. The van der Waals surface area contributed by atoms with Gasteiger partial charge in [-0.05, 0) is 44.0 Å². The number of hydrogen-bond acceptors (Lipinski definition) is 4. The molecule has 0 unspecified atom stereocenters. The van der Waals surface area contributed by atoms with Gasteiger partial charge < -0.3 is 15.5 Å². The Morgan fingerprint density at radius 2 is 2.11 bits per heavy atom. The third kappa shape index (κ3) is 3.51. The first kappa shape index (κ1) is 17.5. The van der Waals surface area contributed by atoms with Crippen molar-refractivity contribution in [2.75, 3.05) is 18.4 Å². The van der Waals surface area contributed by atoms with Gasteiger partial charge in [0.1, 0.15) is 5.82 Å². The highest BCUT2D eigenvalue weighted by Crippen LogP contribution is 2.37. The lowest BCUT2D eigenvalue weighted by Gasteiger charge is -2.45. The number of halogens is 1. The highest BCUT2D eigenvalue weighted by Gasteiger charge is 2.41. The van der Waals surface area contributed by atoms with Crippen LogP contribution in [0.5, 0.6) is 0 Å². The topological polar surface area (TPSA) is 90.1 Å². The quantitative estimate of drug-likeness (QED) is 0.757. The number of rotatable bonds is 2. The monoisotopic (exact) mass is 371 g/mol. The van der Waals surface area contributed by atoms with Gasteiger partial charge in [-0.25, -0.2) is 9.18 Å². The Labute approximate surface area is 156 Å². The lowest BCUT2D eigenvalue weighted by Crippen LogP contribution is -2.55. The summed E-state index contributed by atoms with van der Waals surface area (Å²) in [6.45, 7) is 3.40. The molecule has 1 aromatic carbocycles. The highest BCUT2D eigenvalue weighted by atomic mass is 19.1. The number of ketones is 1. The highest BCUT2D eigenvalue weighted by molar-refractivity contribution is 6.04. The smallest absolute Gasteiger partial charge is 0.317 e. The van der Waals surface area contributed by atoms with Crippen LogP contribution >= 0.6 is 0 Å². The van der Waals surface area contributed by atoms with Crippen LogP contribution in [0.4, 0.5) is 14.9 Å². The summed E-state index contributed by atoms with van der Waals surface area (Å²) in [5, 5.41) is 13.3. The second-order valence-corrected chi connectivity index (χ2v) is 7.38. The van der Waals surface area contributed by atoms with Gasteiger partial charge in [-0.2, -0.15) is 5.10 Å². The Bertz CT molecular complexity index is 886. The van der Waals surface area contributed by atoms with Crippen molar-refractivity contribution in [3.63, 3.8) is 0 Å². The molecule has 0 radical (unpaired) electrons. The number of aromatic amines is 1. The molecule has 1 fully saturated rings. The zero-order valence-corrected chi connectivity index (χ0v) is 15.1. The number of nitrogens with one attached hydrogen (secondary N) is 3. The Morgan fingerprint density at radius 3 is 2.81 bits per heavy atom. The summed E-state index contributed by atoms with van der Waals surface area (Å²) < 4.78 is 13.4. The van der Waals surface area contributed by atoms with Gasteiger partial charge in [0.15, 0.2) is 5.78 Å². The molecule has 1 saturated heterocycles. The molecule has 2 amide bonds. The van der Waals surface area contributed by atoms with E-state index in [-0.39, 0.29) is 17.4 Å². The van der Waals surface area contributed by atoms with E-state index < -0.39 is 5.82 Å². The molecule has 2 aliphatic rings. The summed E-state index contributed by atoms with van der Waals surface area (Å²) in [5.74, 6) is -0.450. The van der Waals surface area contributed by atoms with E-state index in [0.717, 1.165) is 11.4 Å². The largest absolute Gasteiger partial charge is 0.378 e. The number of fused-ring (bicyclic) bond motifs is 1. The van der Waals surface area contributed by atoms with E-state index in [1.54, 1.807) is 11.0 Å². The fraction of sp³-hybridized carbons (Fsp3) is 0.421. The van der Waals surface area contributed by atoms with Gasteiger partial charge >= 0.3 is 6.03 Å². The standard InChI is InChI=1S/C19H22FN5O2/c1-12-8-14(24-23-12)11-21-18(27)25-6-4-19(5-7-25)10-17(26)15-9-13(20)2-3-16(15)22-19/h2-3,8-9,22H,4-7,10-11H2,1H3,(H,21,27)(H,23,24). The maximum Gasteiger partial charge on any atom is 0.317 e. The number of benzene rings is 1. The van der Waals surface area contributed by atoms with Crippen LogP contribution in [0.2, 0.25) is 0 Å². The number of H-pyrrole nitrogens is 1. The van der Waals surface area contributed by atoms with E-state index in [2.05, 4.69) is 20.8 Å². The third-order valence-corrected chi connectivity index (χ3v) is 5.37. The summed E-state index contributed by atoms with van der Waals surface area (Å²) in [6.07, 6.45) is 1.67. The summed E-state index contributed by atoms with van der Waals surface area (Å²) in [4.78, 5) is 26.6. The minimum atomic E-state index is -0.404. The average Bonchev–Trinajstić information content (AvgIpc) is 3.06. The van der Waals surface area contributed by atoms with Gasteiger partial charge in [0.2, 0.25) is 0 Å².